The number of hydrogen-bond donors (Lipinski definition) is 1. The fourth-order valence-electron chi connectivity index (χ4n) is 1.53. The number of thiophene rings is 1. The monoisotopic (exact) mass is 189 g/mol. The molecule has 2 N–H and O–H groups in total. The lowest BCUT2D eigenvalue weighted by atomic mass is 10.4. The van der Waals surface area contributed by atoms with E-state index in [2.05, 4.69) is 15.5 Å². The maximum atomic E-state index is 5.80. The van der Waals surface area contributed by atoms with Gasteiger partial charge in [0.2, 0.25) is 0 Å². The molecule has 0 spiro atoms. The number of hydrogen-bond acceptors (Lipinski definition) is 3. The summed E-state index contributed by atoms with van der Waals surface area (Å²) >= 11 is 1.61. The molecule has 3 heterocycles. The van der Waals surface area contributed by atoms with Crippen LogP contribution in [0.25, 0.3) is 15.9 Å². The summed E-state index contributed by atoms with van der Waals surface area (Å²) in [5, 5.41) is 2.02. The molecule has 0 aliphatic heterocycles. The first kappa shape index (κ1) is 6.91. The first-order chi connectivity index (χ1) is 6.36. The average molecular weight is 189 g/mol. The Bertz CT molecular complexity index is 579. The van der Waals surface area contributed by atoms with Gasteiger partial charge in [0.15, 0.2) is 0 Å². The summed E-state index contributed by atoms with van der Waals surface area (Å²) in [4.78, 5) is 5.30. The summed E-state index contributed by atoms with van der Waals surface area (Å²) < 4.78 is 2.06. The molecule has 0 atom stereocenters. The van der Waals surface area contributed by atoms with Gasteiger partial charge in [-0.1, -0.05) is 0 Å². The number of nitrogens with two attached hydrogens (primary N) is 1. The molecule has 0 saturated carbocycles. The molecule has 3 rings (SSSR count). The summed E-state index contributed by atoms with van der Waals surface area (Å²) in [6.07, 6.45) is 2.00. The largest absolute Gasteiger partial charge is 0.382 e. The van der Waals surface area contributed by atoms with Crippen LogP contribution in [0.1, 0.15) is 0 Å². The van der Waals surface area contributed by atoms with Crippen molar-refractivity contribution in [2.24, 2.45) is 0 Å². The van der Waals surface area contributed by atoms with Gasteiger partial charge in [-0.25, -0.2) is 4.98 Å². The van der Waals surface area contributed by atoms with E-state index in [1.54, 1.807) is 11.3 Å². The van der Waals surface area contributed by atoms with Crippen LogP contribution in [0.3, 0.4) is 0 Å². The van der Waals surface area contributed by atoms with Crippen LogP contribution in [-0.4, -0.2) is 9.38 Å². The van der Waals surface area contributed by atoms with Gasteiger partial charge in [-0.15, -0.1) is 11.3 Å². The third-order valence-corrected chi connectivity index (χ3v) is 2.91. The minimum Gasteiger partial charge on any atom is -0.382 e. The van der Waals surface area contributed by atoms with E-state index in [9.17, 15) is 0 Å². The minimum atomic E-state index is 0.597. The molecule has 13 heavy (non-hydrogen) atoms. The molecule has 0 unspecified atom stereocenters. The van der Waals surface area contributed by atoms with E-state index < -0.39 is 0 Å². The van der Waals surface area contributed by atoms with Gasteiger partial charge in [-0.05, 0) is 23.6 Å². The molecule has 3 aromatic heterocycles. The molecule has 0 aliphatic rings. The summed E-state index contributed by atoms with van der Waals surface area (Å²) in [7, 11) is 0. The predicted octanol–water partition coefficient (Wildman–Crippen LogP) is 2.13. The number of aromatic nitrogens is 2. The normalized spacial score (nSPS) is 11.4. The van der Waals surface area contributed by atoms with Crippen molar-refractivity contribution in [2.45, 2.75) is 0 Å². The van der Waals surface area contributed by atoms with Crippen LogP contribution >= 0.6 is 11.3 Å². The van der Waals surface area contributed by atoms with Crippen LogP contribution in [0, 0.1) is 0 Å². The molecule has 0 aromatic carbocycles. The summed E-state index contributed by atoms with van der Waals surface area (Å²) in [5.74, 6) is 0.597. The van der Waals surface area contributed by atoms with E-state index in [4.69, 9.17) is 5.73 Å². The summed E-state index contributed by atoms with van der Waals surface area (Å²) in [6, 6.07) is 6.00. The number of fused-ring (bicyclic) bond motifs is 3. The molecule has 4 heteroatoms. The molecule has 3 aromatic rings. The van der Waals surface area contributed by atoms with Gasteiger partial charge in [-0.3, -0.25) is 0 Å². The van der Waals surface area contributed by atoms with Crippen molar-refractivity contribution in [3.05, 3.63) is 29.8 Å². The third kappa shape index (κ3) is 0.805. The van der Waals surface area contributed by atoms with E-state index in [-0.39, 0.29) is 0 Å². The smallest absolute Gasteiger partial charge is 0.149 e. The Morgan fingerprint density at radius 2 is 2.23 bits per heavy atom. The number of rotatable bonds is 0. The molecule has 3 nitrogen and oxygen atoms in total. The van der Waals surface area contributed by atoms with Crippen molar-refractivity contribution in [3.63, 3.8) is 0 Å². The van der Waals surface area contributed by atoms with Gasteiger partial charge < -0.3 is 10.1 Å². The highest BCUT2D eigenvalue weighted by atomic mass is 32.1. The van der Waals surface area contributed by atoms with Gasteiger partial charge in [0.05, 0.1) is 11.0 Å². The van der Waals surface area contributed by atoms with E-state index in [0.29, 0.717) is 5.82 Å². The molecular formula is C9H7N3S. The van der Waals surface area contributed by atoms with Crippen molar-refractivity contribution in [3.8, 4) is 0 Å². The zero-order valence-electron chi connectivity index (χ0n) is 6.77. The first-order valence-corrected chi connectivity index (χ1v) is 4.84. The van der Waals surface area contributed by atoms with Crippen LogP contribution in [0.4, 0.5) is 5.82 Å². The quantitative estimate of drug-likeness (QED) is 0.588. The van der Waals surface area contributed by atoms with Gasteiger partial charge in [0.25, 0.3) is 0 Å². The molecule has 0 fully saturated rings. The van der Waals surface area contributed by atoms with Gasteiger partial charge >= 0.3 is 0 Å². The average Bonchev–Trinajstić information content (AvgIpc) is 2.66. The Morgan fingerprint density at radius 1 is 1.31 bits per heavy atom. The van der Waals surface area contributed by atoms with E-state index >= 15 is 0 Å². The Hall–Kier alpha value is -1.55. The number of nitrogens with zero attached hydrogens (tertiary/aromatic N) is 2. The predicted molar refractivity (Wildman–Crippen MR) is 55.0 cm³/mol. The van der Waals surface area contributed by atoms with Crippen LogP contribution in [0.5, 0.6) is 0 Å². The highest BCUT2D eigenvalue weighted by molar-refractivity contribution is 7.16. The Morgan fingerprint density at radius 3 is 3.15 bits per heavy atom. The number of anilines is 1. The SMILES string of the molecule is Nc1nc2sccc2n2cccc12. The third-order valence-electron chi connectivity index (χ3n) is 2.12. The molecule has 0 aliphatic carbocycles. The maximum absolute atomic E-state index is 5.80. The fourth-order valence-corrected chi connectivity index (χ4v) is 2.29. The molecule has 0 saturated heterocycles. The van der Waals surface area contributed by atoms with Crippen LogP contribution in [0.15, 0.2) is 29.8 Å². The second-order valence-electron chi connectivity index (χ2n) is 2.87. The van der Waals surface area contributed by atoms with Crippen LogP contribution < -0.4 is 5.73 Å². The first-order valence-electron chi connectivity index (χ1n) is 3.96. The van der Waals surface area contributed by atoms with Crippen molar-refractivity contribution in [2.75, 3.05) is 5.73 Å². The second-order valence-corrected chi connectivity index (χ2v) is 3.77. The highest BCUT2D eigenvalue weighted by Gasteiger charge is 2.04. The molecule has 0 bridgehead atoms. The van der Waals surface area contributed by atoms with Crippen molar-refractivity contribution in [1.82, 2.24) is 9.38 Å². The number of nitrogen functional groups attached to an aromatic ring is 1. The Labute approximate surface area is 78.4 Å². The zero-order chi connectivity index (χ0) is 8.84. The minimum absolute atomic E-state index is 0.597. The van der Waals surface area contributed by atoms with Crippen LogP contribution in [-0.2, 0) is 0 Å². The summed E-state index contributed by atoms with van der Waals surface area (Å²) in [6.45, 7) is 0. The fraction of sp³-hybridized carbons (Fsp3) is 0. The van der Waals surface area contributed by atoms with Crippen LogP contribution in [0.2, 0.25) is 0 Å². The van der Waals surface area contributed by atoms with E-state index in [0.717, 1.165) is 15.9 Å². The van der Waals surface area contributed by atoms with Crippen molar-refractivity contribution < 1.29 is 0 Å². The second kappa shape index (κ2) is 2.23. The van der Waals surface area contributed by atoms with Gasteiger partial charge in [-0.2, -0.15) is 0 Å². The molecule has 0 radical (unpaired) electrons. The highest BCUT2D eigenvalue weighted by Crippen LogP contribution is 2.23. The van der Waals surface area contributed by atoms with Crippen molar-refractivity contribution >= 4 is 33.0 Å². The molecular weight excluding hydrogens is 182 g/mol. The molecule has 0 amide bonds. The van der Waals surface area contributed by atoms with Gasteiger partial charge in [0.1, 0.15) is 10.6 Å². The lowest BCUT2D eigenvalue weighted by molar-refractivity contribution is 1.25. The molecule has 64 valence electrons. The topological polar surface area (TPSA) is 43.3 Å². The lowest BCUT2D eigenvalue weighted by Gasteiger charge is -1.99. The summed E-state index contributed by atoms with van der Waals surface area (Å²) in [5.41, 5.74) is 7.90. The zero-order valence-corrected chi connectivity index (χ0v) is 7.58. The lowest BCUT2D eigenvalue weighted by Crippen LogP contribution is -1.94. The van der Waals surface area contributed by atoms with E-state index in [1.165, 1.54) is 0 Å². The Kier molecular flexibility index (Phi) is 1.19. The van der Waals surface area contributed by atoms with Gasteiger partial charge in [0, 0.05) is 6.20 Å². The van der Waals surface area contributed by atoms with E-state index in [1.807, 2.05) is 23.7 Å². The Balaban J connectivity index is 2.70. The van der Waals surface area contributed by atoms with Crippen molar-refractivity contribution in [1.29, 1.82) is 0 Å². The maximum Gasteiger partial charge on any atom is 0.149 e. The standard InChI is InChI=1S/C9H7N3S/c10-8-6-2-1-4-12(6)7-3-5-13-9(7)11-8/h1-5H,(H2,10,11).